The summed E-state index contributed by atoms with van der Waals surface area (Å²) in [4.78, 5) is 3.95. The average molecular weight is 438 g/mol. The molecular formula is C22H20FN5O2S. The molecule has 0 spiro atoms. The van der Waals surface area contributed by atoms with E-state index in [1.165, 1.54) is 12.3 Å². The van der Waals surface area contributed by atoms with Gasteiger partial charge in [0.2, 0.25) is 0 Å². The van der Waals surface area contributed by atoms with Crippen LogP contribution >= 0.6 is 0 Å². The quantitative estimate of drug-likeness (QED) is 0.518. The molecule has 3 heterocycles. The Balaban J connectivity index is 1.58. The maximum Gasteiger partial charge on any atom is 0.262 e. The fourth-order valence-electron chi connectivity index (χ4n) is 4.00. The molecule has 0 radical (unpaired) electrons. The lowest BCUT2D eigenvalue weighted by Crippen LogP contribution is -2.15. The minimum absolute atomic E-state index is 0.0152. The second kappa shape index (κ2) is 7.73. The normalized spacial score (nSPS) is 14.2. The molecule has 7 nitrogen and oxygen atoms in total. The minimum Gasteiger partial charge on any atom is -0.311 e. The van der Waals surface area contributed by atoms with Crippen molar-refractivity contribution in [1.82, 2.24) is 19.7 Å². The van der Waals surface area contributed by atoms with Gasteiger partial charge < -0.3 is 4.57 Å². The van der Waals surface area contributed by atoms with Gasteiger partial charge in [-0.2, -0.15) is 0 Å². The first-order valence-electron chi connectivity index (χ1n) is 10.1. The molecule has 1 aliphatic rings. The highest BCUT2D eigenvalue weighted by atomic mass is 32.2. The number of nitrogens with one attached hydrogen (secondary N) is 1. The smallest absolute Gasteiger partial charge is 0.262 e. The Morgan fingerprint density at radius 1 is 0.968 bits per heavy atom. The number of sulfonamides is 1. The Morgan fingerprint density at radius 2 is 1.84 bits per heavy atom. The summed E-state index contributed by atoms with van der Waals surface area (Å²) in [5, 5.41) is 8.90. The monoisotopic (exact) mass is 437 g/mol. The summed E-state index contributed by atoms with van der Waals surface area (Å²) in [5.41, 5.74) is 1.06. The van der Waals surface area contributed by atoms with Gasteiger partial charge in [-0.3, -0.25) is 9.71 Å². The van der Waals surface area contributed by atoms with Gasteiger partial charge >= 0.3 is 0 Å². The second-order valence-electron chi connectivity index (χ2n) is 7.50. The molecule has 0 amide bonds. The van der Waals surface area contributed by atoms with Crippen LogP contribution in [0.3, 0.4) is 0 Å². The van der Waals surface area contributed by atoms with E-state index in [0.29, 0.717) is 17.1 Å². The minimum atomic E-state index is -4.01. The van der Waals surface area contributed by atoms with Crippen molar-refractivity contribution in [1.29, 1.82) is 0 Å². The summed E-state index contributed by atoms with van der Waals surface area (Å²) >= 11 is 0. The molecule has 0 bridgehead atoms. The Bertz CT molecular complexity index is 1380. The van der Waals surface area contributed by atoms with Crippen molar-refractivity contribution < 1.29 is 12.8 Å². The summed E-state index contributed by atoms with van der Waals surface area (Å²) in [6, 6.07) is 12.6. The Labute approximate surface area is 179 Å². The van der Waals surface area contributed by atoms with Crippen LogP contribution in [-0.4, -0.2) is 28.2 Å². The molecule has 0 unspecified atom stereocenters. The highest BCUT2D eigenvalue weighted by Gasteiger charge is 2.23. The highest BCUT2D eigenvalue weighted by Crippen LogP contribution is 2.32. The third kappa shape index (κ3) is 3.54. The third-order valence-corrected chi connectivity index (χ3v) is 6.92. The number of hydrogen-bond donors (Lipinski definition) is 1. The number of rotatable bonds is 4. The number of fused-ring (bicyclic) bond motifs is 2. The van der Waals surface area contributed by atoms with E-state index in [1.54, 1.807) is 24.3 Å². The maximum atomic E-state index is 14.1. The number of pyridine rings is 1. The number of aryl methyl sites for hydroxylation is 1. The van der Waals surface area contributed by atoms with E-state index in [2.05, 4.69) is 24.5 Å². The van der Waals surface area contributed by atoms with Gasteiger partial charge in [-0.25, -0.2) is 12.8 Å². The molecule has 0 saturated carbocycles. The number of para-hydroxylation sites is 1. The van der Waals surface area contributed by atoms with Gasteiger partial charge in [-0.05, 0) is 49.2 Å². The second-order valence-corrected chi connectivity index (χ2v) is 9.15. The van der Waals surface area contributed by atoms with Crippen molar-refractivity contribution in [2.75, 3.05) is 4.72 Å². The summed E-state index contributed by atoms with van der Waals surface area (Å²) in [7, 11) is -4.01. The molecule has 0 atom stereocenters. The number of nitrogens with zero attached hydrogens (tertiary/aromatic N) is 4. The van der Waals surface area contributed by atoms with E-state index in [1.807, 2.05) is 12.1 Å². The first kappa shape index (κ1) is 19.6. The molecule has 1 N–H and O–H groups in total. The van der Waals surface area contributed by atoms with Crippen LogP contribution < -0.4 is 4.72 Å². The standard InChI is InChI=1S/C22H20FN5O2S/c23-17-11-12-19(16-8-6-13-24-21(16)17)31(29,30)27-18-9-4-3-7-15(18)22-26-25-20-10-2-1-5-14-28(20)22/h3-4,6-9,11-13,27H,1-2,5,10,14H2. The van der Waals surface area contributed by atoms with Gasteiger partial charge in [0.15, 0.2) is 5.82 Å². The van der Waals surface area contributed by atoms with E-state index in [4.69, 9.17) is 0 Å². The Morgan fingerprint density at radius 3 is 2.74 bits per heavy atom. The van der Waals surface area contributed by atoms with Gasteiger partial charge in [0.05, 0.1) is 10.6 Å². The van der Waals surface area contributed by atoms with Crippen LogP contribution in [0.25, 0.3) is 22.3 Å². The van der Waals surface area contributed by atoms with Gasteiger partial charge in [0.1, 0.15) is 17.2 Å². The van der Waals surface area contributed by atoms with E-state index < -0.39 is 15.8 Å². The summed E-state index contributed by atoms with van der Waals surface area (Å²) in [6.45, 7) is 0.799. The third-order valence-electron chi connectivity index (χ3n) is 5.49. The largest absolute Gasteiger partial charge is 0.311 e. The molecule has 158 valence electrons. The molecular weight excluding hydrogens is 417 g/mol. The number of halogens is 1. The highest BCUT2D eigenvalue weighted by molar-refractivity contribution is 7.93. The molecule has 0 fully saturated rings. The lowest BCUT2D eigenvalue weighted by atomic mass is 10.1. The summed E-state index contributed by atoms with van der Waals surface area (Å²) in [6.07, 6.45) is 5.51. The maximum absolute atomic E-state index is 14.1. The number of aromatic nitrogens is 4. The fraction of sp³-hybridized carbons (Fsp3) is 0.227. The fourth-order valence-corrected chi connectivity index (χ4v) is 5.28. The zero-order valence-corrected chi connectivity index (χ0v) is 17.4. The first-order chi connectivity index (χ1) is 15.0. The molecule has 2 aromatic heterocycles. The average Bonchev–Trinajstić information content (AvgIpc) is 3.02. The van der Waals surface area contributed by atoms with Crippen molar-refractivity contribution in [2.24, 2.45) is 0 Å². The van der Waals surface area contributed by atoms with E-state index in [-0.39, 0.29) is 15.8 Å². The number of benzene rings is 2. The Hall–Kier alpha value is -3.33. The van der Waals surface area contributed by atoms with Crippen molar-refractivity contribution >= 4 is 26.6 Å². The van der Waals surface area contributed by atoms with Crippen LogP contribution in [0.2, 0.25) is 0 Å². The lowest BCUT2D eigenvalue weighted by Gasteiger charge is -2.14. The van der Waals surface area contributed by atoms with Crippen LogP contribution in [0.5, 0.6) is 0 Å². The van der Waals surface area contributed by atoms with Crippen molar-refractivity contribution in [3.05, 3.63) is 66.4 Å². The lowest BCUT2D eigenvalue weighted by molar-refractivity contribution is 0.601. The van der Waals surface area contributed by atoms with Gasteiger partial charge in [-0.1, -0.05) is 18.6 Å². The predicted octanol–water partition coefficient (Wildman–Crippen LogP) is 4.16. The molecule has 2 aromatic carbocycles. The predicted molar refractivity (Wildman–Crippen MR) is 116 cm³/mol. The van der Waals surface area contributed by atoms with Crippen LogP contribution in [0.15, 0.2) is 59.6 Å². The Kier molecular flexibility index (Phi) is 4.90. The van der Waals surface area contributed by atoms with Gasteiger partial charge in [0, 0.05) is 30.1 Å². The van der Waals surface area contributed by atoms with Crippen LogP contribution in [-0.2, 0) is 23.0 Å². The number of anilines is 1. The molecule has 4 aromatic rings. The molecule has 0 aliphatic carbocycles. The zero-order chi connectivity index (χ0) is 21.4. The van der Waals surface area contributed by atoms with Gasteiger partial charge in [-0.15, -0.1) is 10.2 Å². The summed E-state index contributed by atoms with van der Waals surface area (Å²) in [5.74, 6) is 0.989. The molecule has 0 saturated heterocycles. The summed E-state index contributed by atoms with van der Waals surface area (Å²) < 4.78 is 45.4. The molecule has 5 rings (SSSR count). The zero-order valence-electron chi connectivity index (χ0n) is 16.6. The van der Waals surface area contributed by atoms with Crippen LogP contribution in [0.1, 0.15) is 25.1 Å². The molecule has 9 heteroatoms. The first-order valence-corrected chi connectivity index (χ1v) is 11.6. The van der Waals surface area contributed by atoms with Crippen molar-refractivity contribution in [3.63, 3.8) is 0 Å². The van der Waals surface area contributed by atoms with Crippen molar-refractivity contribution in [2.45, 2.75) is 37.1 Å². The van der Waals surface area contributed by atoms with Crippen molar-refractivity contribution in [3.8, 4) is 11.4 Å². The van der Waals surface area contributed by atoms with Crippen LogP contribution in [0.4, 0.5) is 10.1 Å². The van der Waals surface area contributed by atoms with Gasteiger partial charge in [0.25, 0.3) is 10.0 Å². The van der Waals surface area contributed by atoms with E-state index in [9.17, 15) is 12.8 Å². The van der Waals surface area contributed by atoms with E-state index >= 15 is 0 Å². The van der Waals surface area contributed by atoms with Crippen LogP contribution in [0, 0.1) is 5.82 Å². The molecule has 31 heavy (non-hydrogen) atoms. The molecule has 1 aliphatic heterocycles. The van der Waals surface area contributed by atoms with E-state index in [0.717, 1.165) is 44.1 Å². The topological polar surface area (TPSA) is 89.8 Å². The SMILES string of the molecule is O=S(=O)(Nc1ccccc1-c1nnc2n1CCCCC2)c1ccc(F)c2ncccc12. The number of hydrogen-bond acceptors (Lipinski definition) is 5.